The molecule has 0 spiro atoms. The molecule has 0 bridgehead atoms. The fourth-order valence-electron chi connectivity index (χ4n) is 2.37. The van der Waals surface area contributed by atoms with E-state index in [1.54, 1.807) is 37.3 Å². The molecule has 1 unspecified atom stereocenters. The van der Waals surface area contributed by atoms with Crippen LogP contribution >= 0.6 is 0 Å². The highest BCUT2D eigenvalue weighted by atomic mass is 19.1. The first-order chi connectivity index (χ1) is 13.0. The number of aliphatic hydroxyl groups is 1. The molecule has 1 atom stereocenters. The van der Waals surface area contributed by atoms with Crippen molar-refractivity contribution in [2.24, 2.45) is 0 Å². The Morgan fingerprint density at radius 2 is 2.07 bits per heavy atom. The van der Waals surface area contributed by atoms with Crippen molar-refractivity contribution in [3.63, 3.8) is 0 Å². The van der Waals surface area contributed by atoms with E-state index in [0.29, 0.717) is 28.6 Å². The monoisotopic (exact) mass is 371 g/mol. The van der Waals surface area contributed by atoms with Crippen molar-refractivity contribution in [2.45, 2.75) is 19.6 Å². The molecule has 0 fully saturated rings. The lowest BCUT2D eigenvalue weighted by Crippen LogP contribution is -2.28. The highest BCUT2D eigenvalue weighted by Gasteiger charge is 2.12. The van der Waals surface area contributed by atoms with Crippen LogP contribution in [0.4, 0.5) is 4.39 Å². The van der Waals surface area contributed by atoms with Gasteiger partial charge < -0.3 is 19.7 Å². The maximum atomic E-state index is 13.2. The van der Waals surface area contributed by atoms with E-state index in [2.05, 4.69) is 15.5 Å². The molecule has 0 radical (unpaired) electrons. The molecule has 140 valence electrons. The molecule has 1 amide bonds. The molecule has 7 nitrogen and oxygen atoms in total. The van der Waals surface area contributed by atoms with Crippen LogP contribution in [0.2, 0.25) is 0 Å². The maximum Gasteiger partial charge on any atom is 0.251 e. The number of ether oxygens (including phenoxy) is 1. The van der Waals surface area contributed by atoms with Gasteiger partial charge in [0.15, 0.2) is 6.61 Å². The van der Waals surface area contributed by atoms with Crippen LogP contribution in [-0.4, -0.2) is 27.7 Å². The lowest BCUT2D eigenvalue weighted by Gasteiger charge is -2.12. The van der Waals surface area contributed by atoms with Gasteiger partial charge in [-0.15, -0.1) is 0 Å². The summed E-state index contributed by atoms with van der Waals surface area (Å²) in [5.74, 6) is 0.644. The minimum atomic E-state index is -0.995. The summed E-state index contributed by atoms with van der Waals surface area (Å²) >= 11 is 0. The predicted molar refractivity (Wildman–Crippen MR) is 93.5 cm³/mol. The van der Waals surface area contributed by atoms with Crippen molar-refractivity contribution < 1.29 is 23.6 Å². The topological polar surface area (TPSA) is 97.5 Å². The van der Waals surface area contributed by atoms with Gasteiger partial charge in [0.1, 0.15) is 11.6 Å². The van der Waals surface area contributed by atoms with Crippen LogP contribution in [0, 0.1) is 12.7 Å². The summed E-state index contributed by atoms with van der Waals surface area (Å²) in [5.41, 5.74) is 0.806. The van der Waals surface area contributed by atoms with Gasteiger partial charge in [-0.2, -0.15) is 4.98 Å². The van der Waals surface area contributed by atoms with Gasteiger partial charge in [0.05, 0.1) is 6.10 Å². The third kappa shape index (κ3) is 5.11. The molecule has 2 aromatic carbocycles. The first-order valence-electron chi connectivity index (χ1n) is 8.25. The molecule has 0 saturated carbocycles. The fourth-order valence-corrected chi connectivity index (χ4v) is 2.37. The molecule has 0 saturated heterocycles. The summed E-state index contributed by atoms with van der Waals surface area (Å²) in [6.45, 7) is 1.82. The molecule has 0 aliphatic carbocycles. The molecule has 0 aliphatic rings. The Kier molecular flexibility index (Phi) is 5.77. The van der Waals surface area contributed by atoms with E-state index >= 15 is 0 Å². The normalized spacial score (nSPS) is 11.8. The first-order valence-corrected chi connectivity index (χ1v) is 8.25. The fraction of sp³-hybridized carbons (Fsp3) is 0.211. The summed E-state index contributed by atoms with van der Waals surface area (Å²) in [6.07, 6.45) is -0.995. The number of benzene rings is 2. The van der Waals surface area contributed by atoms with Crippen molar-refractivity contribution in [1.82, 2.24) is 15.5 Å². The molecule has 1 heterocycles. The Balaban J connectivity index is 1.51. The number of amides is 1. The predicted octanol–water partition coefficient (Wildman–Crippen LogP) is 2.56. The number of aromatic nitrogens is 2. The smallest absolute Gasteiger partial charge is 0.251 e. The first kappa shape index (κ1) is 18.5. The number of hydrogen-bond donors (Lipinski definition) is 2. The zero-order chi connectivity index (χ0) is 19.2. The largest absolute Gasteiger partial charge is 0.485 e. The highest BCUT2D eigenvalue weighted by molar-refractivity contribution is 5.94. The average Bonchev–Trinajstić information content (AvgIpc) is 3.10. The Morgan fingerprint density at radius 1 is 1.30 bits per heavy atom. The lowest BCUT2D eigenvalue weighted by atomic mass is 10.1. The maximum absolute atomic E-state index is 13.2. The van der Waals surface area contributed by atoms with Crippen LogP contribution in [-0.2, 0) is 6.61 Å². The van der Waals surface area contributed by atoms with Gasteiger partial charge in [-0.25, -0.2) is 4.39 Å². The average molecular weight is 371 g/mol. The summed E-state index contributed by atoms with van der Waals surface area (Å²) in [7, 11) is 0. The summed E-state index contributed by atoms with van der Waals surface area (Å²) in [4.78, 5) is 16.2. The van der Waals surface area contributed by atoms with Crippen molar-refractivity contribution in [1.29, 1.82) is 0 Å². The molecule has 8 heteroatoms. The van der Waals surface area contributed by atoms with E-state index in [1.165, 1.54) is 18.2 Å². The van der Waals surface area contributed by atoms with Crippen LogP contribution < -0.4 is 10.1 Å². The number of rotatable bonds is 7. The van der Waals surface area contributed by atoms with E-state index in [4.69, 9.17) is 9.26 Å². The van der Waals surface area contributed by atoms with Crippen LogP contribution in [0.25, 0.3) is 0 Å². The standard InChI is InChI=1S/C19H18FN3O4/c1-12-22-18(23-27-12)11-26-16-7-5-13(6-8-16)19(25)21-10-17(24)14-3-2-4-15(20)9-14/h2-9,17,24H,10-11H2,1H3,(H,21,25). The summed E-state index contributed by atoms with van der Waals surface area (Å²) in [6, 6.07) is 12.1. The van der Waals surface area contributed by atoms with Crippen molar-refractivity contribution in [2.75, 3.05) is 6.54 Å². The minimum Gasteiger partial charge on any atom is -0.485 e. The molecule has 0 aliphatic heterocycles. The number of carbonyl (C=O) groups excluding carboxylic acids is 1. The van der Waals surface area contributed by atoms with Gasteiger partial charge in [-0.3, -0.25) is 4.79 Å². The van der Waals surface area contributed by atoms with E-state index in [1.807, 2.05) is 0 Å². The number of halogens is 1. The molecule has 2 N–H and O–H groups in total. The second-order valence-corrected chi connectivity index (χ2v) is 5.82. The van der Waals surface area contributed by atoms with Crippen LogP contribution in [0.3, 0.4) is 0 Å². The van der Waals surface area contributed by atoms with E-state index in [0.717, 1.165) is 0 Å². The van der Waals surface area contributed by atoms with Gasteiger partial charge in [0.25, 0.3) is 5.91 Å². The number of carbonyl (C=O) groups is 1. The Bertz CT molecular complexity index is 911. The number of nitrogens with one attached hydrogen (secondary N) is 1. The van der Waals surface area contributed by atoms with Crippen LogP contribution in [0.1, 0.15) is 33.7 Å². The van der Waals surface area contributed by atoms with Gasteiger partial charge in [-0.1, -0.05) is 17.3 Å². The summed E-state index contributed by atoms with van der Waals surface area (Å²) in [5, 5.41) is 16.4. The quantitative estimate of drug-likeness (QED) is 0.662. The second kappa shape index (κ2) is 8.41. The number of aryl methyl sites for hydroxylation is 1. The molecule has 1 aromatic heterocycles. The molecule has 3 aromatic rings. The third-order valence-electron chi connectivity index (χ3n) is 3.74. The van der Waals surface area contributed by atoms with Crippen molar-refractivity contribution in [3.8, 4) is 5.75 Å². The van der Waals surface area contributed by atoms with Gasteiger partial charge in [-0.05, 0) is 42.0 Å². The van der Waals surface area contributed by atoms with Crippen LogP contribution in [0.5, 0.6) is 5.75 Å². The zero-order valence-electron chi connectivity index (χ0n) is 14.6. The van der Waals surface area contributed by atoms with Crippen LogP contribution in [0.15, 0.2) is 53.1 Å². The Morgan fingerprint density at radius 3 is 2.74 bits per heavy atom. The Labute approximate surface area is 154 Å². The number of nitrogens with zero attached hydrogens (tertiary/aromatic N) is 2. The number of hydrogen-bond acceptors (Lipinski definition) is 6. The van der Waals surface area contributed by atoms with Crippen molar-refractivity contribution >= 4 is 5.91 Å². The summed E-state index contributed by atoms with van der Waals surface area (Å²) < 4.78 is 23.5. The van der Waals surface area contributed by atoms with E-state index in [9.17, 15) is 14.3 Å². The molecular formula is C19H18FN3O4. The lowest BCUT2D eigenvalue weighted by molar-refractivity contribution is 0.0916. The Hall–Kier alpha value is -3.26. The number of aliphatic hydroxyl groups excluding tert-OH is 1. The van der Waals surface area contributed by atoms with Gasteiger partial charge >= 0.3 is 0 Å². The molecular weight excluding hydrogens is 353 g/mol. The van der Waals surface area contributed by atoms with Crippen molar-refractivity contribution in [3.05, 3.63) is 77.2 Å². The second-order valence-electron chi connectivity index (χ2n) is 5.82. The zero-order valence-corrected chi connectivity index (χ0v) is 14.6. The molecule has 3 rings (SSSR count). The van der Waals surface area contributed by atoms with Gasteiger partial charge in [0.2, 0.25) is 11.7 Å². The molecule has 27 heavy (non-hydrogen) atoms. The van der Waals surface area contributed by atoms with E-state index in [-0.39, 0.29) is 19.1 Å². The minimum absolute atomic E-state index is 0.0300. The van der Waals surface area contributed by atoms with E-state index < -0.39 is 11.9 Å². The highest BCUT2D eigenvalue weighted by Crippen LogP contribution is 2.15. The SMILES string of the molecule is Cc1nc(COc2ccc(C(=O)NCC(O)c3cccc(F)c3)cc2)no1. The van der Waals surface area contributed by atoms with Gasteiger partial charge in [0, 0.05) is 19.0 Å². The third-order valence-corrected chi connectivity index (χ3v) is 3.74.